The molecule has 1 aromatic rings. The average molecular weight is 252 g/mol. The monoisotopic (exact) mass is 252 g/mol. The number of anilines is 1. The first-order chi connectivity index (χ1) is 8.41. The number of hydrogen-bond acceptors (Lipinski definition) is 4. The van der Waals surface area contributed by atoms with Crippen LogP contribution >= 0.6 is 0 Å². The molecule has 18 heavy (non-hydrogen) atoms. The van der Waals surface area contributed by atoms with Crippen molar-refractivity contribution in [2.45, 2.75) is 20.0 Å². The first kappa shape index (κ1) is 14.3. The van der Waals surface area contributed by atoms with Gasteiger partial charge in [-0.2, -0.15) is 0 Å². The van der Waals surface area contributed by atoms with Gasteiger partial charge in [0.25, 0.3) is 5.91 Å². The Balaban J connectivity index is 2.60. The molecule has 0 fully saturated rings. The highest BCUT2D eigenvalue weighted by atomic mass is 16.5. The second-order valence-corrected chi connectivity index (χ2v) is 4.42. The van der Waals surface area contributed by atoms with E-state index in [1.54, 1.807) is 18.0 Å². The minimum Gasteiger partial charge on any atom is -0.506 e. The Morgan fingerprint density at radius 3 is 2.72 bits per heavy atom. The number of amides is 1. The van der Waals surface area contributed by atoms with Gasteiger partial charge in [-0.3, -0.25) is 4.79 Å². The van der Waals surface area contributed by atoms with Crippen LogP contribution in [0.1, 0.15) is 24.2 Å². The van der Waals surface area contributed by atoms with Crippen LogP contribution in [0.5, 0.6) is 5.75 Å². The fourth-order valence-corrected chi connectivity index (χ4v) is 1.42. The first-order valence-electron chi connectivity index (χ1n) is 5.87. The molecule has 0 spiro atoms. The topological polar surface area (TPSA) is 75.8 Å². The minimum absolute atomic E-state index is 0.0762. The number of carbonyl (C=O) groups is 1. The summed E-state index contributed by atoms with van der Waals surface area (Å²) in [4.78, 5) is 13.6. The molecule has 1 aromatic carbocycles. The van der Waals surface area contributed by atoms with Crippen LogP contribution in [0.3, 0.4) is 0 Å². The average Bonchev–Trinajstić information content (AvgIpc) is 2.31. The van der Waals surface area contributed by atoms with Crippen LogP contribution in [-0.2, 0) is 4.74 Å². The van der Waals surface area contributed by atoms with Gasteiger partial charge in [0.05, 0.1) is 18.4 Å². The molecular formula is C13H20N2O3. The van der Waals surface area contributed by atoms with Gasteiger partial charge in [0.1, 0.15) is 5.75 Å². The van der Waals surface area contributed by atoms with Gasteiger partial charge < -0.3 is 20.5 Å². The maximum absolute atomic E-state index is 12.0. The maximum atomic E-state index is 12.0. The van der Waals surface area contributed by atoms with Crippen molar-refractivity contribution in [1.29, 1.82) is 0 Å². The van der Waals surface area contributed by atoms with Gasteiger partial charge in [-0.15, -0.1) is 0 Å². The van der Waals surface area contributed by atoms with E-state index in [-0.39, 0.29) is 23.4 Å². The van der Waals surface area contributed by atoms with E-state index in [4.69, 9.17) is 10.5 Å². The van der Waals surface area contributed by atoms with Crippen LogP contribution in [-0.4, -0.2) is 42.2 Å². The van der Waals surface area contributed by atoms with Gasteiger partial charge >= 0.3 is 0 Å². The number of benzene rings is 1. The van der Waals surface area contributed by atoms with Crippen LogP contribution in [0.4, 0.5) is 5.69 Å². The highest BCUT2D eigenvalue weighted by Crippen LogP contribution is 2.21. The number of phenols is 1. The second kappa shape index (κ2) is 6.26. The SMILES string of the molecule is CC(C)OCCN(C)C(=O)c1ccc(N)c(O)c1. The number of carbonyl (C=O) groups excluding carboxylic acids is 1. The number of likely N-dealkylation sites (N-methyl/N-ethyl adjacent to an activating group) is 1. The molecule has 0 bridgehead atoms. The van der Waals surface area contributed by atoms with Crippen molar-refractivity contribution in [1.82, 2.24) is 4.90 Å². The van der Waals surface area contributed by atoms with Gasteiger partial charge in [-0.05, 0) is 32.0 Å². The van der Waals surface area contributed by atoms with Crippen LogP contribution in [0.15, 0.2) is 18.2 Å². The molecule has 1 rings (SSSR count). The lowest BCUT2D eigenvalue weighted by molar-refractivity contribution is 0.0532. The summed E-state index contributed by atoms with van der Waals surface area (Å²) >= 11 is 0. The van der Waals surface area contributed by atoms with E-state index in [1.807, 2.05) is 13.8 Å². The summed E-state index contributed by atoms with van der Waals surface area (Å²) in [6.07, 6.45) is 0.147. The van der Waals surface area contributed by atoms with Crippen molar-refractivity contribution in [3.8, 4) is 5.75 Å². The third kappa shape index (κ3) is 3.92. The highest BCUT2D eigenvalue weighted by molar-refractivity contribution is 5.95. The Hall–Kier alpha value is -1.75. The smallest absolute Gasteiger partial charge is 0.253 e. The van der Waals surface area contributed by atoms with E-state index in [0.29, 0.717) is 18.7 Å². The van der Waals surface area contributed by atoms with Crippen molar-refractivity contribution < 1.29 is 14.6 Å². The van der Waals surface area contributed by atoms with E-state index in [9.17, 15) is 9.90 Å². The first-order valence-corrected chi connectivity index (χ1v) is 5.87. The van der Waals surface area contributed by atoms with Crippen LogP contribution in [0.2, 0.25) is 0 Å². The molecule has 0 unspecified atom stereocenters. The number of nitrogens with two attached hydrogens (primary N) is 1. The predicted molar refractivity (Wildman–Crippen MR) is 70.6 cm³/mol. The summed E-state index contributed by atoms with van der Waals surface area (Å²) in [6.45, 7) is 4.88. The number of nitrogen functional groups attached to an aromatic ring is 1. The Bertz CT molecular complexity index is 419. The third-order valence-electron chi connectivity index (χ3n) is 2.50. The summed E-state index contributed by atoms with van der Waals surface area (Å²) in [5.41, 5.74) is 6.16. The van der Waals surface area contributed by atoms with Crippen molar-refractivity contribution in [2.24, 2.45) is 0 Å². The lowest BCUT2D eigenvalue weighted by atomic mass is 10.1. The molecule has 0 atom stereocenters. The zero-order chi connectivity index (χ0) is 13.7. The van der Waals surface area contributed by atoms with Gasteiger partial charge in [0.15, 0.2) is 0 Å². The van der Waals surface area contributed by atoms with Crippen LogP contribution in [0, 0.1) is 0 Å². The molecule has 5 heteroatoms. The molecule has 100 valence electrons. The molecule has 1 amide bonds. The standard InChI is InChI=1S/C13H20N2O3/c1-9(2)18-7-6-15(3)13(17)10-4-5-11(14)12(16)8-10/h4-5,8-9,16H,6-7,14H2,1-3H3. The van der Waals surface area contributed by atoms with Gasteiger partial charge in [-0.25, -0.2) is 0 Å². The molecule has 5 nitrogen and oxygen atoms in total. The van der Waals surface area contributed by atoms with Crippen molar-refractivity contribution in [2.75, 3.05) is 25.9 Å². The maximum Gasteiger partial charge on any atom is 0.253 e. The van der Waals surface area contributed by atoms with E-state index in [2.05, 4.69) is 0 Å². The molecule has 3 N–H and O–H groups in total. The second-order valence-electron chi connectivity index (χ2n) is 4.42. The van der Waals surface area contributed by atoms with Crippen molar-refractivity contribution >= 4 is 11.6 Å². The van der Waals surface area contributed by atoms with E-state index in [0.717, 1.165) is 0 Å². The normalized spacial score (nSPS) is 10.7. The Kier molecular flexibility index (Phi) is 4.97. The molecule has 0 saturated heterocycles. The lowest BCUT2D eigenvalue weighted by Gasteiger charge is -2.18. The number of hydrogen-bond donors (Lipinski definition) is 2. The number of rotatable bonds is 5. The molecule has 0 radical (unpaired) electrons. The Morgan fingerprint density at radius 1 is 1.50 bits per heavy atom. The van der Waals surface area contributed by atoms with Crippen molar-refractivity contribution in [3.63, 3.8) is 0 Å². The van der Waals surface area contributed by atoms with Crippen LogP contribution in [0.25, 0.3) is 0 Å². The van der Waals surface area contributed by atoms with Crippen LogP contribution < -0.4 is 5.73 Å². The predicted octanol–water partition coefficient (Wildman–Crippen LogP) is 1.47. The largest absolute Gasteiger partial charge is 0.506 e. The third-order valence-corrected chi connectivity index (χ3v) is 2.50. The van der Waals surface area contributed by atoms with E-state index >= 15 is 0 Å². The zero-order valence-corrected chi connectivity index (χ0v) is 11.0. The fraction of sp³-hybridized carbons (Fsp3) is 0.462. The van der Waals surface area contributed by atoms with Gasteiger partial charge in [0.2, 0.25) is 0 Å². The minimum atomic E-state index is -0.169. The lowest BCUT2D eigenvalue weighted by Crippen LogP contribution is -2.30. The Morgan fingerprint density at radius 2 is 2.17 bits per heavy atom. The van der Waals surface area contributed by atoms with E-state index < -0.39 is 0 Å². The Labute approximate surface area is 107 Å². The summed E-state index contributed by atoms with van der Waals surface area (Å²) in [5.74, 6) is -0.245. The molecule has 0 aliphatic carbocycles. The summed E-state index contributed by atoms with van der Waals surface area (Å²) < 4.78 is 5.38. The number of aromatic hydroxyl groups is 1. The summed E-state index contributed by atoms with van der Waals surface area (Å²) in [5, 5.41) is 9.46. The fourth-order valence-electron chi connectivity index (χ4n) is 1.42. The number of phenolic OH excluding ortho intramolecular Hbond substituents is 1. The van der Waals surface area contributed by atoms with E-state index in [1.165, 1.54) is 12.1 Å². The van der Waals surface area contributed by atoms with Crippen molar-refractivity contribution in [3.05, 3.63) is 23.8 Å². The number of ether oxygens (including phenoxy) is 1. The molecule has 0 heterocycles. The number of nitrogens with zero attached hydrogens (tertiary/aromatic N) is 1. The molecule has 0 aliphatic rings. The summed E-state index contributed by atoms with van der Waals surface area (Å²) in [6, 6.07) is 4.48. The zero-order valence-electron chi connectivity index (χ0n) is 11.0. The molecule has 0 aromatic heterocycles. The van der Waals surface area contributed by atoms with Gasteiger partial charge in [-0.1, -0.05) is 0 Å². The molecule has 0 saturated carbocycles. The van der Waals surface area contributed by atoms with Gasteiger partial charge in [0, 0.05) is 19.2 Å². The summed E-state index contributed by atoms with van der Waals surface area (Å²) in [7, 11) is 1.69. The highest BCUT2D eigenvalue weighted by Gasteiger charge is 2.13. The molecule has 0 aliphatic heterocycles. The molecular weight excluding hydrogens is 232 g/mol. The quantitative estimate of drug-likeness (QED) is 0.614.